The number of aliphatic hydroxyl groups excluding tert-OH is 1. The third kappa shape index (κ3) is 6.25. The first-order valence-electron chi connectivity index (χ1n) is 9.11. The van der Waals surface area contributed by atoms with E-state index in [0.29, 0.717) is 30.0 Å². The highest BCUT2D eigenvalue weighted by Crippen LogP contribution is 2.28. The number of carbonyl (C=O) groups is 1. The highest BCUT2D eigenvalue weighted by atomic mass is 16.5. The predicted molar refractivity (Wildman–Crippen MR) is 106 cm³/mol. The fourth-order valence-corrected chi connectivity index (χ4v) is 2.96. The Kier molecular flexibility index (Phi) is 7.61. The summed E-state index contributed by atoms with van der Waals surface area (Å²) in [6.07, 6.45) is 2.13. The Morgan fingerprint density at radius 1 is 1.19 bits per heavy atom. The predicted octanol–water partition coefficient (Wildman–Crippen LogP) is 4.48. The van der Waals surface area contributed by atoms with Gasteiger partial charge in [0.25, 0.3) is 0 Å². The smallest absolute Gasteiger partial charge is 0.412 e. The summed E-state index contributed by atoms with van der Waals surface area (Å²) in [6.45, 7) is 7.07. The van der Waals surface area contributed by atoms with Crippen LogP contribution in [0.15, 0.2) is 36.5 Å². The van der Waals surface area contributed by atoms with Crippen molar-refractivity contribution in [3.05, 3.63) is 42.1 Å². The van der Waals surface area contributed by atoms with E-state index in [-0.39, 0.29) is 6.61 Å². The number of aliphatic hydroxyl groups is 1. The average molecular weight is 372 g/mol. The number of rotatable bonds is 8. The number of benzene rings is 1. The molecule has 0 bridgehead atoms. The molecule has 0 fully saturated rings. The molecule has 2 aromatic rings. The number of methoxy groups -OCH3 is 1. The molecule has 0 aliphatic carbocycles. The fraction of sp³-hybridized carbons (Fsp3) is 0.429. The molecule has 0 saturated carbocycles. The molecule has 146 valence electrons. The van der Waals surface area contributed by atoms with Crippen molar-refractivity contribution in [2.45, 2.75) is 33.8 Å². The summed E-state index contributed by atoms with van der Waals surface area (Å²) < 4.78 is 10.5. The Hall–Kier alpha value is -2.60. The molecule has 0 unspecified atom stereocenters. The van der Waals surface area contributed by atoms with Crippen molar-refractivity contribution in [3.63, 3.8) is 0 Å². The number of hydrogen-bond donors (Lipinski definition) is 2. The molecule has 1 atom stereocenters. The summed E-state index contributed by atoms with van der Waals surface area (Å²) in [7, 11) is 1.30. The first kappa shape index (κ1) is 20.7. The van der Waals surface area contributed by atoms with E-state index in [4.69, 9.17) is 4.74 Å². The highest BCUT2D eigenvalue weighted by Gasteiger charge is 2.11. The molecule has 6 nitrogen and oxygen atoms in total. The van der Waals surface area contributed by atoms with E-state index in [1.807, 2.05) is 24.3 Å². The topological polar surface area (TPSA) is 80.7 Å². The van der Waals surface area contributed by atoms with Crippen LogP contribution in [0.4, 0.5) is 10.6 Å². The lowest BCUT2D eigenvalue weighted by Gasteiger charge is -2.17. The van der Waals surface area contributed by atoms with Gasteiger partial charge in [0.1, 0.15) is 11.6 Å². The van der Waals surface area contributed by atoms with Crippen molar-refractivity contribution in [1.29, 1.82) is 0 Å². The van der Waals surface area contributed by atoms with Gasteiger partial charge in [0.2, 0.25) is 0 Å². The van der Waals surface area contributed by atoms with Gasteiger partial charge < -0.3 is 14.6 Å². The Balaban J connectivity index is 2.15. The summed E-state index contributed by atoms with van der Waals surface area (Å²) in [5.74, 6) is 2.16. The molecule has 1 amide bonds. The van der Waals surface area contributed by atoms with Gasteiger partial charge in [0, 0.05) is 11.8 Å². The van der Waals surface area contributed by atoms with Crippen molar-refractivity contribution in [3.8, 4) is 16.9 Å². The fourth-order valence-electron chi connectivity index (χ4n) is 2.96. The molecular formula is C21H28N2O4. The molecule has 0 radical (unpaired) electrons. The van der Waals surface area contributed by atoms with Crippen molar-refractivity contribution >= 4 is 11.9 Å². The van der Waals surface area contributed by atoms with Crippen LogP contribution in [-0.2, 0) is 11.3 Å². The van der Waals surface area contributed by atoms with Crippen LogP contribution in [0, 0.1) is 11.8 Å². The summed E-state index contributed by atoms with van der Waals surface area (Å²) in [4.78, 5) is 15.4. The zero-order valence-corrected chi connectivity index (χ0v) is 16.4. The quantitative estimate of drug-likeness (QED) is 0.714. The Morgan fingerprint density at radius 2 is 1.93 bits per heavy atom. The van der Waals surface area contributed by atoms with Gasteiger partial charge in [0.15, 0.2) is 0 Å². The van der Waals surface area contributed by atoms with Gasteiger partial charge in [-0.15, -0.1) is 0 Å². The first-order chi connectivity index (χ1) is 12.9. The molecule has 0 aliphatic heterocycles. The van der Waals surface area contributed by atoms with Gasteiger partial charge in [0.05, 0.1) is 20.3 Å². The van der Waals surface area contributed by atoms with E-state index in [0.717, 1.165) is 23.1 Å². The lowest BCUT2D eigenvalue weighted by molar-refractivity contribution is 0.187. The molecule has 1 aromatic heterocycles. The van der Waals surface area contributed by atoms with Gasteiger partial charge in [-0.05, 0) is 53.6 Å². The highest BCUT2D eigenvalue weighted by molar-refractivity contribution is 5.84. The largest absolute Gasteiger partial charge is 0.493 e. The van der Waals surface area contributed by atoms with Crippen LogP contribution in [0.1, 0.15) is 32.8 Å². The van der Waals surface area contributed by atoms with E-state index < -0.39 is 6.09 Å². The summed E-state index contributed by atoms with van der Waals surface area (Å²) in [5, 5.41) is 12.3. The second kappa shape index (κ2) is 9.92. The number of nitrogens with one attached hydrogen (secondary N) is 1. The number of amides is 1. The van der Waals surface area contributed by atoms with E-state index >= 15 is 0 Å². The monoisotopic (exact) mass is 372 g/mol. The van der Waals surface area contributed by atoms with Crippen molar-refractivity contribution in [2.24, 2.45) is 11.8 Å². The minimum Gasteiger partial charge on any atom is -0.493 e. The van der Waals surface area contributed by atoms with Gasteiger partial charge in [-0.1, -0.05) is 26.8 Å². The second-order valence-corrected chi connectivity index (χ2v) is 7.07. The number of ether oxygens (including phenoxy) is 2. The zero-order valence-electron chi connectivity index (χ0n) is 16.4. The van der Waals surface area contributed by atoms with Gasteiger partial charge in [-0.3, -0.25) is 5.32 Å². The second-order valence-electron chi connectivity index (χ2n) is 7.07. The van der Waals surface area contributed by atoms with Crippen LogP contribution in [0.5, 0.6) is 5.75 Å². The van der Waals surface area contributed by atoms with Crippen LogP contribution < -0.4 is 10.1 Å². The molecule has 1 aromatic carbocycles. The van der Waals surface area contributed by atoms with Crippen molar-refractivity contribution < 1.29 is 19.4 Å². The molecule has 0 saturated heterocycles. The van der Waals surface area contributed by atoms with E-state index in [2.05, 4.69) is 35.8 Å². The average Bonchev–Trinajstić information content (AvgIpc) is 2.65. The minimum absolute atomic E-state index is 0.111. The Labute approximate surface area is 160 Å². The maximum atomic E-state index is 11.3. The molecule has 0 spiro atoms. The third-order valence-corrected chi connectivity index (χ3v) is 4.14. The molecule has 2 N–H and O–H groups in total. The molecular weight excluding hydrogens is 344 g/mol. The third-order valence-electron chi connectivity index (χ3n) is 4.14. The molecule has 2 rings (SSSR count). The number of hydrogen-bond acceptors (Lipinski definition) is 5. The van der Waals surface area contributed by atoms with E-state index in [1.54, 1.807) is 12.3 Å². The summed E-state index contributed by atoms with van der Waals surface area (Å²) in [5.41, 5.74) is 2.49. The standard InChI is InChI=1S/C21H28N2O4/c1-14(2)9-15(3)13-27-19-6-5-16(10-18(19)12-24)17-7-8-22-20(11-17)23-21(25)26-4/h5-8,10-11,14-15,24H,9,12-13H2,1-4H3,(H,22,23,25)/t15-/m1/s1. The van der Waals surface area contributed by atoms with Crippen molar-refractivity contribution in [1.82, 2.24) is 4.98 Å². The van der Waals surface area contributed by atoms with Gasteiger partial charge >= 0.3 is 6.09 Å². The minimum atomic E-state index is -0.574. The van der Waals surface area contributed by atoms with Crippen LogP contribution in [0.3, 0.4) is 0 Å². The van der Waals surface area contributed by atoms with E-state index in [9.17, 15) is 9.90 Å². The van der Waals surface area contributed by atoms with E-state index in [1.165, 1.54) is 7.11 Å². The molecule has 27 heavy (non-hydrogen) atoms. The lowest BCUT2D eigenvalue weighted by Crippen LogP contribution is -2.12. The Morgan fingerprint density at radius 3 is 2.59 bits per heavy atom. The van der Waals surface area contributed by atoms with Crippen LogP contribution in [-0.4, -0.2) is 29.9 Å². The maximum absolute atomic E-state index is 11.3. The lowest BCUT2D eigenvalue weighted by atomic mass is 10.00. The van der Waals surface area contributed by atoms with Crippen LogP contribution in [0.25, 0.3) is 11.1 Å². The summed E-state index contributed by atoms with van der Waals surface area (Å²) in [6, 6.07) is 9.28. The van der Waals surface area contributed by atoms with Gasteiger partial charge in [-0.2, -0.15) is 0 Å². The Bertz CT molecular complexity index is 762. The molecule has 1 heterocycles. The molecule has 0 aliphatic rings. The number of anilines is 1. The van der Waals surface area contributed by atoms with Gasteiger partial charge in [-0.25, -0.2) is 9.78 Å². The van der Waals surface area contributed by atoms with Crippen LogP contribution >= 0.6 is 0 Å². The molecule has 6 heteroatoms. The zero-order chi connectivity index (χ0) is 19.8. The normalized spacial score (nSPS) is 11.9. The maximum Gasteiger partial charge on any atom is 0.412 e. The number of aromatic nitrogens is 1. The first-order valence-corrected chi connectivity index (χ1v) is 9.11. The number of nitrogens with zero attached hydrogens (tertiary/aromatic N) is 1. The van der Waals surface area contributed by atoms with Crippen molar-refractivity contribution in [2.75, 3.05) is 19.0 Å². The number of carbonyl (C=O) groups excluding carboxylic acids is 1. The number of pyridine rings is 1. The van der Waals surface area contributed by atoms with Crippen LogP contribution in [0.2, 0.25) is 0 Å². The SMILES string of the molecule is COC(=O)Nc1cc(-c2ccc(OC[C@H](C)CC(C)C)c(CO)c2)ccn1. The summed E-state index contributed by atoms with van der Waals surface area (Å²) >= 11 is 0.